The summed E-state index contributed by atoms with van der Waals surface area (Å²) in [6.45, 7) is -0.421. The van der Waals surface area contributed by atoms with E-state index in [1.807, 2.05) is 45.2 Å². The molecule has 0 aromatic heterocycles. The molecule has 0 bridgehead atoms. The van der Waals surface area contributed by atoms with Crippen molar-refractivity contribution >= 4 is 45.2 Å². The van der Waals surface area contributed by atoms with E-state index in [1.165, 1.54) is 0 Å². The smallest absolute Gasteiger partial charge is 0.142 e. The standard InChI is InChI=1S/C9H10FI2NO/c10-2-1-8(13)5-3-6(11)9(14)7(12)4-5/h3-4,8,14H,1-2,13H2/t8-/m1/s1. The Labute approximate surface area is 109 Å². The highest BCUT2D eigenvalue weighted by molar-refractivity contribution is 14.1. The first-order valence-corrected chi connectivity index (χ1v) is 6.21. The number of halogens is 3. The quantitative estimate of drug-likeness (QED) is 0.738. The number of hydrogen-bond acceptors (Lipinski definition) is 2. The molecular weight excluding hydrogens is 411 g/mol. The van der Waals surface area contributed by atoms with Crippen LogP contribution in [-0.2, 0) is 0 Å². The Bertz CT molecular complexity index is 310. The predicted molar refractivity (Wildman–Crippen MR) is 71.1 cm³/mol. The zero-order valence-corrected chi connectivity index (χ0v) is 11.6. The van der Waals surface area contributed by atoms with Crippen molar-refractivity contribution in [2.75, 3.05) is 6.67 Å². The molecule has 1 atom stereocenters. The summed E-state index contributed by atoms with van der Waals surface area (Å²) >= 11 is 4.07. The van der Waals surface area contributed by atoms with Gasteiger partial charge in [0.05, 0.1) is 13.8 Å². The molecule has 0 amide bonds. The van der Waals surface area contributed by atoms with Crippen LogP contribution in [0.4, 0.5) is 4.39 Å². The summed E-state index contributed by atoms with van der Waals surface area (Å²) in [5.41, 5.74) is 6.63. The first-order chi connectivity index (χ1) is 6.56. The van der Waals surface area contributed by atoms with Gasteiger partial charge < -0.3 is 10.8 Å². The molecule has 1 rings (SSSR count). The van der Waals surface area contributed by atoms with Gasteiger partial charge in [0, 0.05) is 6.04 Å². The molecule has 14 heavy (non-hydrogen) atoms. The lowest BCUT2D eigenvalue weighted by Gasteiger charge is -2.12. The van der Waals surface area contributed by atoms with E-state index in [0.29, 0.717) is 6.42 Å². The van der Waals surface area contributed by atoms with Crippen molar-refractivity contribution in [3.05, 3.63) is 24.8 Å². The Balaban J connectivity index is 3.00. The fraction of sp³-hybridized carbons (Fsp3) is 0.333. The second kappa shape index (κ2) is 5.45. The lowest BCUT2D eigenvalue weighted by molar-refractivity contribution is 0.440. The lowest BCUT2D eigenvalue weighted by Crippen LogP contribution is -2.11. The van der Waals surface area contributed by atoms with Gasteiger partial charge in [0.1, 0.15) is 5.75 Å². The van der Waals surface area contributed by atoms with E-state index in [4.69, 9.17) is 5.73 Å². The highest BCUT2D eigenvalue weighted by atomic mass is 127. The largest absolute Gasteiger partial charge is 0.506 e. The van der Waals surface area contributed by atoms with Crippen LogP contribution in [0.1, 0.15) is 18.0 Å². The van der Waals surface area contributed by atoms with Crippen LogP contribution in [0.15, 0.2) is 12.1 Å². The second-order valence-electron chi connectivity index (χ2n) is 2.92. The molecule has 0 aliphatic carbocycles. The summed E-state index contributed by atoms with van der Waals surface area (Å²) in [5.74, 6) is 0.266. The number of nitrogens with two attached hydrogens (primary N) is 1. The van der Waals surface area contributed by atoms with Crippen LogP contribution in [0.2, 0.25) is 0 Å². The van der Waals surface area contributed by atoms with Crippen molar-refractivity contribution in [2.45, 2.75) is 12.5 Å². The summed E-state index contributed by atoms with van der Waals surface area (Å²) in [4.78, 5) is 0. The molecule has 0 spiro atoms. The maximum Gasteiger partial charge on any atom is 0.142 e. The Kier molecular flexibility index (Phi) is 4.84. The van der Waals surface area contributed by atoms with Crippen molar-refractivity contribution in [1.29, 1.82) is 0 Å². The van der Waals surface area contributed by atoms with Crippen molar-refractivity contribution in [3.63, 3.8) is 0 Å². The number of aromatic hydroxyl groups is 1. The third kappa shape index (κ3) is 2.93. The van der Waals surface area contributed by atoms with E-state index < -0.39 is 6.67 Å². The molecule has 0 saturated carbocycles. The van der Waals surface area contributed by atoms with Gasteiger partial charge in [-0.25, -0.2) is 0 Å². The van der Waals surface area contributed by atoms with Gasteiger partial charge in [0.25, 0.3) is 0 Å². The van der Waals surface area contributed by atoms with Gasteiger partial charge in [-0.1, -0.05) is 0 Å². The number of phenols is 1. The van der Waals surface area contributed by atoms with Crippen LogP contribution in [0.25, 0.3) is 0 Å². The minimum Gasteiger partial charge on any atom is -0.506 e. The maximum absolute atomic E-state index is 12.1. The van der Waals surface area contributed by atoms with E-state index in [0.717, 1.165) is 12.7 Å². The van der Waals surface area contributed by atoms with Crippen LogP contribution in [0.5, 0.6) is 5.75 Å². The molecule has 0 radical (unpaired) electrons. The third-order valence-electron chi connectivity index (χ3n) is 1.89. The highest BCUT2D eigenvalue weighted by Gasteiger charge is 2.11. The maximum atomic E-state index is 12.1. The molecule has 1 aromatic carbocycles. The Morgan fingerprint density at radius 2 is 1.86 bits per heavy atom. The van der Waals surface area contributed by atoms with Crippen LogP contribution in [-0.4, -0.2) is 11.8 Å². The zero-order valence-electron chi connectivity index (χ0n) is 7.30. The van der Waals surface area contributed by atoms with Gasteiger partial charge in [-0.05, 0) is 69.3 Å². The molecule has 0 aliphatic heterocycles. The Morgan fingerprint density at radius 1 is 1.36 bits per heavy atom. The molecule has 0 unspecified atom stereocenters. The average Bonchev–Trinajstić information content (AvgIpc) is 2.13. The molecule has 0 aliphatic rings. The molecule has 1 aromatic rings. The van der Waals surface area contributed by atoms with E-state index in [2.05, 4.69) is 0 Å². The van der Waals surface area contributed by atoms with Crippen molar-refractivity contribution in [2.24, 2.45) is 5.73 Å². The fourth-order valence-corrected chi connectivity index (χ4v) is 2.90. The molecule has 2 nitrogen and oxygen atoms in total. The number of rotatable bonds is 3. The van der Waals surface area contributed by atoms with Gasteiger partial charge in [-0.15, -0.1) is 0 Å². The monoisotopic (exact) mass is 421 g/mol. The summed E-state index contributed by atoms with van der Waals surface area (Å²) in [6.07, 6.45) is 0.316. The Morgan fingerprint density at radius 3 is 2.29 bits per heavy atom. The summed E-state index contributed by atoms with van der Waals surface area (Å²) < 4.78 is 13.6. The first kappa shape index (κ1) is 12.4. The summed E-state index contributed by atoms with van der Waals surface area (Å²) in [7, 11) is 0. The molecule has 0 heterocycles. The van der Waals surface area contributed by atoms with E-state index >= 15 is 0 Å². The number of phenolic OH excluding ortho intramolecular Hbond substituents is 1. The van der Waals surface area contributed by atoms with Gasteiger partial charge in [-0.2, -0.15) is 0 Å². The fourth-order valence-electron chi connectivity index (χ4n) is 1.08. The lowest BCUT2D eigenvalue weighted by atomic mass is 10.1. The van der Waals surface area contributed by atoms with E-state index in [-0.39, 0.29) is 11.8 Å². The number of alkyl halides is 1. The molecule has 3 N–H and O–H groups in total. The minimum absolute atomic E-state index is 0.266. The minimum atomic E-state index is -0.421. The average molecular weight is 421 g/mol. The van der Waals surface area contributed by atoms with Crippen LogP contribution in [0.3, 0.4) is 0 Å². The van der Waals surface area contributed by atoms with Crippen LogP contribution < -0.4 is 5.73 Å². The third-order valence-corrected chi connectivity index (χ3v) is 3.53. The normalized spacial score (nSPS) is 12.9. The van der Waals surface area contributed by atoms with Gasteiger partial charge in [-0.3, -0.25) is 4.39 Å². The zero-order chi connectivity index (χ0) is 10.7. The summed E-state index contributed by atoms with van der Waals surface area (Å²) in [6, 6.07) is 3.29. The van der Waals surface area contributed by atoms with Crippen LogP contribution >= 0.6 is 45.2 Å². The van der Waals surface area contributed by atoms with E-state index in [1.54, 1.807) is 12.1 Å². The Hall–Kier alpha value is 0.370. The SMILES string of the molecule is N[C@H](CCF)c1cc(I)c(O)c(I)c1. The summed E-state index contributed by atoms with van der Waals surface area (Å²) in [5, 5.41) is 9.51. The molecular formula is C9H10FI2NO. The van der Waals surface area contributed by atoms with Gasteiger partial charge in [0.15, 0.2) is 0 Å². The van der Waals surface area contributed by atoms with Crippen molar-refractivity contribution in [3.8, 4) is 5.75 Å². The first-order valence-electron chi connectivity index (χ1n) is 4.05. The predicted octanol–water partition coefficient (Wildman–Crippen LogP) is 2.96. The highest BCUT2D eigenvalue weighted by Crippen LogP contribution is 2.29. The number of benzene rings is 1. The van der Waals surface area contributed by atoms with Crippen molar-refractivity contribution < 1.29 is 9.50 Å². The number of hydrogen-bond donors (Lipinski definition) is 2. The molecule has 5 heteroatoms. The van der Waals surface area contributed by atoms with Gasteiger partial charge >= 0.3 is 0 Å². The van der Waals surface area contributed by atoms with Crippen molar-refractivity contribution in [1.82, 2.24) is 0 Å². The van der Waals surface area contributed by atoms with Crippen LogP contribution in [0, 0.1) is 7.14 Å². The van der Waals surface area contributed by atoms with E-state index in [9.17, 15) is 9.50 Å². The molecule has 78 valence electrons. The van der Waals surface area contributed by atoms with Gasteiger partial charge in [0.2, 0.25) is 0 Å². The topological polar surface area (TPSA) is 46.2 Å². The second-order valence-corrected chi connectivity index (χ2v) is 5.24. The molecule has 0 fully saturated rings. The molecule has 0 saturated heterocycles.